The lowest BCUT2D eigenvalue weighted by Gasteiger charge is -2.20. The van der Waals surface area contributed by atoms with Crippen LogP contribution < -0.4 is 5.32 Å². The van der Waals surface area contributed by atoms with Gasteiger partial charge in [0.2, 0.25) is 5.91 Å². The zero-order valence-corrected chi connectivity index (χ0v) is 50.4. The van der Waals surface area contributed by atoms with E-state index in [2.05, 4.69) is 19.2 Å². The summed E-state index contributed by atoms with van der Waals surface area (Å²) in [7, 11) is 0. The van der Waals surface area contributed by atoms with E-state index in [0.29, 0.717) is 19.4 Å². The molecule has 0 aromatic rings. The maximum atomic E-state index is 12.5. The molecule has 6 nitrogen and oxygen atoms in total. The van der Waals surface area contributed by atoms with Gasteiger partial charge in [-0.25, -0.2) is 0 Å². The number of aliphatic hydroxyl groups is 2. The van der Waals surface area contributed by atoms with Crippen LogP contribution in [0.5, 0.6) is 0 Å². The number of rotatable bonds is 64. The standard InChI is InChI=1S/C68H133NO5/c1-3-5-7-9-11-13-15-17-19-21-23-24-25-26-27-28-30-31-33-36-40-44-48-52-56-60-66(71)65(64-70)69-67(72)61-57-53-49-45-41-37-35-39-43-47-51-55-59-63-74-68(73)62-58-54-50-46-42-38-34-32-29-22-20-18-16-14-12-10-8-6-4-2/h56,60,65-66,70-71H,3-55,57-59,61-64H2,1-2H3,(H,69,72)/b60-56+. The number of hydrogen-bond acceptors (Lipinski definition) is 5. The van der Waals surface area contributed by atoms with Gasteiger partial charge in [0, 0.05) is 12.8 Å². The van der Waals surface area contributed by atoms with E-state index in [4.69, 9.17) is 4.74 Å². The highest BCUT2D eigenvalue weighted by atomic mass is 16.5. The maximum Gasteiger partial charge on any atom is 0.305 e. The SMILES string of the molecule is CCCCCCCCCCCCCCCCCCCCCCCCC/C=C/C(O)C(CO)NC(=O)CCCCCCCCCCCCCCCOC(=O)CCCCCCCCCCCCCCCCCCCCC. The van der Waals surface area contributed by atoms with Crippen LogP contribution in [-0.2, 0) is 14.3 Å². The van der Waals surface area contributed by atoms with Gasteiger partial charge in [-0.2, -0.15) is 0 Å². The van der Waals surface area contributed by atoms with E-state index >= 15 is 0 Å². The van der Waals surface area contributed by atoms with Crippen molar-refractivity contribution in [2.45, 2.75) is 398 Å². The molecule has 0 radical (unpaired) electrons. The molecule has 2 atom stereocenters. The van der Waals surface area contributed by atoms with Gasteiger partial charge in [0.1, 0.15) is 0 Å². The van der Waals surface area contributed by atoms with Gasteiger partial charge in [0.25, 0.3) is 0 Å². The summed E-state index contributed by atoms with van der Waals surface area (Å²) in [6.45, 7) is 4.92. The van der Waals surface area contributed by atoms with Crippen molar-refractivity contribution in [2.75, 3.05) is 13.2 Å². The molecule has 0 rings (SSSR count). The van der Waals surface area contributed by atoms with Gasteiger partial charge in [-0.1, -0.05) is 353 Å². The van der Waals surface area contributed by atoms with Gasteiger partial charge in [0.05, 0.1) is 25.4 Å². The molecule has 0 bridgehead atoms. The third kappa shape index (κ3) is 59.8. The summed E-state index contributed by atoms with van der Waals surface area (Å²) in [5, 5.41) is 23.3. The highest BCUT2D eigenvalue weighted by Crippen LogP contribution is 2.19. The summed E-state index contributed by atoms with van der Waals surface area (Å²) in [4.78, 5) is 24.6. The van der Waals surface area contributed by atoms with Gasteiger partial charge in [-0.05, 0) is 32.1 Å². The third-order valence-corrected chi connectivity index (χ3v) is 16.1. The number of nitrogens with one attached hydrogen (secondary N) is 1. The second-order valence-electron chi connectivity index (χ2n) is 23.5. The Morgan fingerprint density at radius 1 is 0.365 bits per heavy atom. The smallest absolute Gasteiger partial charge is 0.305 e. The zero-order chi connectivity index (χ0) is 53.6. The average molecular weight is 1040 g/mol. The molecule has 6 heteroatoms. The van der Waals surface area contributed by atoms with Crippen LogP contribution in [0.2, 0.25) is 0 Å². The van der Waals surface area contributed by atoms with Gasteiger partial charge < -0.3 is 20.3 Å². The number of hydrogen-bond donors (Lipinski definition) is 3. The van der Waals surface area contributed by atoms with Crippen LogP contribution in [0.4, 0.5) is 0 Å². The average Bonchev–Trinajstić information content (AvgIpc) is 3.40. The van der Waals surface area contributed by atoms with E-state index < -0.39 is 12.1 Å². The molecular formula is C68H133NO5. The molecule has 0 aromatic carbocycles. The van der Waals surface area contributed by atoms with Crippen molar-refractivity contribution >= 4 is 11.9 Å². The molecule has 0 heterocycles. The molecule has 74 heavy (non-hydrogen) atoms. The molecule has 0 spiro atoms. The van der Waals surface area contributed by atoms with Crippen LogP contribution in [0.15, 0.2) is 12.2 Å². The van der Waals surface area contributed by atoms with Crippen molar-refractivity contribution in [2.24, 2.45) is 0 Å². The van der Waals surface area contributed by atoms with E-state index in [1.807, 2.05) is 6.08 Å². The second kappa shape index (κ2) is 64.1. The first-order valence-electron chi connectivity index (χ1n) is 34.0. The molecule has 0 aromatic heterocycles. The van der Waals surface area contributed by atoms with E-state index in [1.54, 1.807) is 6.08 Å². The van der Waals surface area contributed by atoms with Crippen molar-refractivity contribution < 1.29 is 24.5 Å². The van der Waals surface area contributed by atoms with Gasteiger partial charge in [-0.3, -0.25) is 9.59 Å². The minimum absolute atomic E-state index is 0.000552. The van der Waals surface area contributed by atoms with Crippen molar-refractivity contribution in [3.63, 3.8) is 0 Å². The molecule has 0 aliphatic rings. The minimum atomic E-state index is -0.854. The van der Waals surface area contributed by atoms with Crippen molar-refractivity contribution in [3.8, 4) is 0 Å². The van der Waals surface area contributed by atoms with Gasteiger partial charge in [0.15, 0.2) is 0 Å². The highest BCUT2D eigenvalue weighted by Gasteiger charge is 2.18. The van der Waals surface area contributed by atoms with Crippen molar-refractivity contribution in [1.29, 1.82) is 0 Å². The molecule has 440 valence electrons. The predicted molar refractivity (Wildman–Crippen MR) is 324 cm³/mol. The van der Waals surface area contributed by atoms with E-state index in [-0.39, 0.29) is 18.5 Å². The topological polar surface area (TPSA) is 95.9 Å². The lowest BCUT2D eigenvalue weighted by Crippen LogP contribution is -2.45. The van der Waals surface area contributed by atoms with Crippen LogP contribution in [0, 0.1) is 0 Å². The number of unbranched alkanes of at least 4 members (excludes halogenated alkanes) is 53. The lowest BCUT2D eigenvalue weighted by molar-refractivity contribution is -0.143. The Morgan fingerprint density at radius 2 is 0.622 bits per heavy atom. The first kappa shape index (κ1) is 72.6. The van der Waals surface area contributed by atoms with E-state index in [0.717, 1.165) is 57.8 Å². The summed E-state index contributed by atoms with van der Waals surface area (Å²) in [6.07, 6.45) is 78.4. The Labute approximate surface area is 463 Å². The maximum absolute atomic E-state index is 12.5. The Balaban J connectivity index is 3.44. The van der Waals surface area contributed by atoms with Crippen LogP contribution in [0.25, 0.3) is 0 Å². The number of aliphatic hydroxyl groups excluding tert-OH is 2. The number of amides is 1. The molecule has 1 amide bonds. The fraction of sp³-hybridized carbons (Fsp3) is 0.941. The number of carbonyl (C=O) groups is 2. The molecule has 0 saturated heterocycles. The summed E-state index contributed by atoms with van der Waals surface area (Å²) in [6, 6.07) is -0.638. The number of esters is 1. The Hall–Kier alpha value is -1.40. The van der Waals surface area contributed by atoms with Crippen molar-refractivity contribution in [1.82, 2.24) is 5.32 Å². The van der Waals surface area contributed by atoms with Crippen LogP contribution >= 0.6 is 0 Å². The highest BCUT2D eigenvalue weighted by molar-refractivity contribution is 5.76. The zero-order valence-electron chi connectivity index (χ0n) is 50.4. The molecule has 0 fully saturated rings. The molecule has 3 N–H and O–H groups in total. The minimum Gasteiger partial charge on any atom is -0.466 e. The number of ether oxygens (including phenoxy) is 1. The summed E-state index contributed by atoms with van der Waals surface area (Å²) in [5.41, 5.74) is 0. The van der Waals surface area contributed by atoms with Gasteiger partial charge in [-0.15, -0.1) is 0 Å². The van der Waals surface area contributed by atoms with Crippen molar-refractivity contribution in [3.05, 3.63) is 12.2 Å². The van der Waals surface area contributed by atoms with E-state index in [1.165, 1.54) is 302 Å². The summed E-state index contributed by atoms with van der Waals surface area (Å²) < 4.78 is 5.50. The largest absolute Gasteiger partial charge is 0.466 e. The first-order chi connectivity index (χ1) is 36.5. The quantitative estimate of drug-likeness (QED) is 0.0320. The normalized spacial score (nSPS) is 12.5. The Kier molecular flexibility index (Phi) is 62.9. The number of allylic oxidation sites excluding steroid dienone is 1. The molecular weight excluding hydrogens is 911 g/mol. The van der Waals surface area contributed by atoms with Crippen LogP contribution in [-0.4, -0.2) is 47.4 Å². The number of carbonyl (C=O) groups excluding carboxylic acids is 2. The fourth-order valence-electron chi connectivity index (χ4n) is 10.9. The monoisotopic (exact) mass is 1040 g/mol. The molecule has 0 aliphatic heterocycles. The van der Waals surface area contributed by atoms with E-state index in [9.17, 15) is 19.8 Å². The predicted octanol–water partition coefficient (Wildman–Crippen LogP) is 21.6. The molecule has 0 aliphatic carbocycles. The Bertz CT molecular complexity index is 1110. The third-order valence-electron chi connectivity index (χ3n) is 16.1. The summed E-state index contributed by atoms with van der Waals surface area (Å²) >= 11 is 0. The molecule has 2 unspecified atom stereocenters. The first-order valence-corrected chi connectivity index (χ1v) is 34.0. The van der Waals surface area contributed by atoms with Crippen LogP contribution in [0.1, 0.15) is 386 Å². The fourth-order valence-corrected chi connectivity index (χ4v) is 10.9. The Morgan fingerprint density at radius 3 is 0.919 bits per heavy atom. The van der Waals surface area contributed by atoms with Gasteiger partial charge >= 0.3 is 5.97 Å². The molecule has 0 saturated carbocycles. The second-order valence-corrected chi connectivity index (χ2v) is 23.5. The summed E-state index contributed by atoms with van der Waals surface area (Å²) in [5.74, 6) is -0.0760. The lowest BCUT2D eigenvalue weighted by atomic mass is 10.0. The van der Waals surface area contributed by atoms with Crippen LogP contribution in [0.3, 0.4) is 0 Å².